The molecule has 5 atom stereocenters. The van der Waals surface area contributed by atoms with E-state index in [9.17, 15) is 0 Å². The van der Waals surface area contributed by atoms with E-state index in [2.05, 4.69) is 49.9 Å². The molecule has 1 aromatic rings. The quantitative estimate of drug-likeness (QED) is 0.502. The Kier molecular flexibility index (Phi) is 5.11. The standard InChI is InChI=1S/C23H35NO3Si/c1-23-12-11-18-17-10-8-16(25-2)13-15(17)7-9-19(18)20(23)14-21(24-26-3)22(23)27-28(4,5)6/h8,10,13,18-20,22H,7,9,11-12,14H2,1-6H3/b24-21-/t18-,19-,20+,22+,23+/m1/s1. The second-order valence-electron chi connectivity index (χ2n) is 10.1. The van der Waals surface area contributed by atoms with Crippen molar-refractivity contribution in [2.24, 2.45) is 22.4 Å². The van der Waals surface area contributed by atoms with Crippen molar-refractivity contribution in [3.8, 4) is 5.75 Å². The molecule has 2 fully saturated rings. The van der Waals surface area contributed by atoms with Crippen LogP contribution in [0.2, 0.25) is 19.6 Å². The molecule has 3 aliphatic carbocycles. The summed E-state index contributed by atoms with van der Waals surface area (Å²) in [6, 6.07) is 6.71. The highest BCUT2D eigenvalue weighted by molar-refractivity contribution is 6.70. The SMILES string of the molecule is CO/N=C1/C[C@H]2[C@@H]3CCc4cc(OC)ccc4[C@H]3CC[C@]2(C)[C@H]1O[Si](C)(C)C. The first kappa shape index (κ1) is 20.0. The van der Waals surface area contributed by atoms with Crippen molar-refractivity contribution < 1.29 is 14.0 Å². The Labute approximate surface area is 170 Å². The van der Waals surface area contributed by atoms with Crippen molar-refractivity contribution in [3.63, 3.8) is 0 Å². The summed E-state index contributed by atoms with van der Waals surface area (Å²) in [5.74, 6) is 2.97. The lowest BCUT2D eigenvalue weighted by atomic mass is 9.55. The van der Waals surface area contributed by atoms with Gasteiger partial charge in [-0.15, -0.1) is 0 Å². The van der Waals surface area contributed by atoms with Gasteiger partial charge in [0.25, 0.3) is 0 Å². The molecule has 4 nitrogen and oxygen atoms in total. The fourth-order valence-electron chi connectivity index (χ4n) is 6.22. The third-order valence-electron chi connectivity index (χ3n) is 7.38. The van der Waals surface area contributed by atoms with Crippen LogP contribution in [0.4, 0.5) is 0 Å². The zero-order chi connectivity index (χ0) is 20.1. The number of fused-ring (bicyclic) bond motifs is 5. The molecule has 0 aliphatic heterocycles. The zero-order valence-corrected chi connectivity index (χ0v) is 19.2. The molecule has 4 rings (SSSR count). The maximum atomic E-state index is 6.73. The Morgan fingerprint density at radius 3 is 2.61 bits per heavy atom. The van der Waals surface area contributed by atoms with E-state index in [1.54, 1.807) is 19.8 Å². The van der Waals surface area contributed by atoms with E-state index in [4.69, 9.17) is 14.0 Å². The summed E-state index contributed by atoms with van der Waals surface area (Å²) in [6.07, 6.45) is 5.97. The Hall–Kier alpha value is -1.33. The lowest BCUT2D eigenvalue weighted by molar-refractivity contribution is -0.00512. The van der Waals surface area contributed by atoms with Crippen molar-refractivity contribution in [2.45, 2.75) is 70.7 Å². The summed E-state index contributed by atoms with van der Waals surface area (Å²) in [7, 11) is 1.74. The van der Waals surface area contributed by atoms with Crippen LogP contribution in [0.1, 0.15) is 49.7 Å². The maximum Gasteiger partial charge on any atom is 0.184 e. The molecular formula is C23H35NO3Si. The van der Waals surface area contributed by atoms with Gasteiger partial charge in [0.1, 0.15) is 12.9 Å². The summed E-state index contributed by atoms with van der Waals surface area (Å²) in [6.45, 7) is 9.30. The third-order valence-corrected chi connectivity index (χ3v) is 8.32. The summed E-state index contributed by atoms with van der Waals surface area (Å²) in [5.41, 5.74) is 4.35. The zero-order valence-electron chi connectivity index (χ0n) is 18.2. The molecule has 0 aromatic heterocycles. The molecule has 0 amide bonds. The average Bonchev–Trinajstić information content (AvgIpc) is 2.92. The molecule has 5 heteroatoms. The van der Waals surface area contributed by atoms with Crippen molar-refractivity contribution in [2.75, 3.05) is 14.2 Å². The number of ether oxygens (including phenoxy) is 1. The molecule has 28 heavy (non-hydrogen) atoms. The van der Waals surface area contributed by atoms with E-state index in [0.717, 1.165) is 24.3 Å². The summed E-state index contributed by atoms with van der Waals surface area (Å²) in [5, 5.41) is 4.46. The van der Waals surface area contributed by atoms with E-state index in [1.807, 2.05) is 0 Å². The molecule has 0 N–H and O–H groups in total. The van der Waals surface area contributed by atoms with Gasteiger partial charge in [0.15, 0.2) is 8.32 Å². The largest absolute Gasteiger partial charge is 0.497 e. The van der Waals surface area contributed by atoms with Gasteiger partial charge in [0.2, 0.25) is 0 Å². The molecule has 0 spiro atoms. The van der Waals surface area contributed by atoms with Crippen LogP contribution in [-0.4, -0.2) is 34.4 Å². The van der Waals surface area contributed by atoms with E-state index >= 15 is 0 Å². The van der Waals surface area contributed by atoms with Crippen molar-refractivity contribution in [1.82, 2.24) is 0 Å². The number of rotatable bonds is 4. The Balaban J connectivity index is 1.67. The number of benzene rings is 1. The maximum absolute atomic E-state index is 6.73. The minimum Gasteiger partial charge on any atom is -0.497 e. The number of oxime groups is 1. The lowest BCUT2D eigenvalue weighted by Gasteiger charge is -2.51. The van der Waals surface area contributed by atoms with Gasteiger partial charge in [-0.05, 0) is 92.8 Å². The predicted molar refractivity (Wildman–Crippen MR) is 116 cm³/mol. The minimum absolute atomic E-state index is 0.113. The number of methoxy groups -OCH3 is 1. The van der Waals surface area contributed by atoms with E-state index in [1.165, 1.54) is 24.8 Å². The lowest BCUT2D eigenvalue weighted by Crippen LogP contribution is -2.48. The predicted octanol–water partition coefficient (Wildman–Crippen LogP) is 5.38. The van der Waals surface area contributed by atoms with Crippen LogP contribution in [0.15, 0.2) is 23.4 Å². The first-order valence-electron chi connectivity index (χ1n) is 10.7. The van der Waals surface area contributed by atoms with E-state index in [0.29, 0.717) is 17.8 Å². The molecule has 0 radical (unpaired) electrons. The number of hydrogen-bond acceptors (Lipinski definition) is 4. The van der Waals surface area contributed by atoms with Crippen LogP contribution in [0, 0.1) is 17.3 Å². The first-order chi connectivity index (χ1) is 13.3. The number of hydrogen-bond donors (Lipinski definition) is 0. The highest BCUT2D eigenvalue weighted by Crippen LogP contribution is 2.61. The summed E-state index contributed by atoms with van der Waals surface area (Å²) >= 11 is 0. The van der Waals surface area contributed by atoms with Gasteiger partial charge in [-0.2, -0.15) is 0 Å². The van der Waals surface area contributed by atoms with Gasteiger partial charge in [-0.1, -0.05) is 18.1 Å². The van der Waals surface area contributed by atoms with Crippen molar-refractivity contribution in [1.29, 1.82) is 0 Å². The molecule has 0 heterocycles. The van der Waals surface area contributed by atoms with Crippen LogP contribution in [0.3, 0.4) is 0 Å². The molecular weight excluding hydrogens is 366 g/mol. The van der Waals surface area contributed by atoms with Gasteiger partial charge in [0, 0.05) is 5.41 Å². The van der Waals surface area contributed by atoms with Crippen LogP contribution in [0.25, 0.3) is 0 Å². The molecule has 1 aromatic carbocycles. The molecule has 0 unspecified atom stereocenters. The second-order valence-corrected chi connectivity index (χ2v) is 14.6. The van der Waals surface area contributed by atoms with Crippen LogP contribution >= 0.6 is 0 Å². The third kappa shape index (κ3) is 3.30. The van der Waals surface area contributed by atoms with Crippen molar-refractivity contribution >= 4 is 14.0 Å². The number of nitrogens with zero attached hydrogens (tertiary/aromatic N) is 1. The molecule has 0 bridgehead atoms. The van der Waals surface area contributed by atoms with Gasteiger partial charge in [-0.3, -0.25) is 0 Å². The van der Waals surface area contributed by atoms with E-state index < -0.39 is 8.32 Å². The fraction of sp³-hybridized carbons (Fsp3) is 0.696. The highest BCUT2D eigenvalue weighted by Gasteiger charge is 2.58. The highest BCUT2D eigenvalue weighted by atomic mass is 28.4. The minimum atomic E-state index is -1.68. The summed E-state index contributed by atoms with van der Waals surface area (Å²) < 4.78 is 12.2. The van der Waals surface area contributed by atoms with E-state index in [-0.39, 0.29) is 11.5 Å². The Bertz CT molecular complexity index is 772. The molecule has 0 saturated heterocycles. The monoisotopic (exact) mass is 401 g/mol. The number of aryl methyl sites for hydroxylation is 1. The van der Waals surface area contributed by atoms with Gasteiger partial charge in [0.05, 0.1) is 18.9 Å². The molecule has 154 valence electrons. The van der Waals surface area contributed by atoms with Crippen molar-refractivity contribution in [3.05, 3.63) is 29.3 Å². The first-order valence-corrected chi connectivity index (χ1v) is 14.1. The normalized spacial score (nSPS) is 35.9. The second kappa shape index (κ2) is 7.17. The fourth-order valence-corrected chi connectivity index (χ4v) is 7.33. The van der Waals surface area contributed by atoms with Crippen LogP contribution < -0.4 is 4.74 Å². The van der Waals surface area contributed by atoms with Crippen LogP contribution in [0.5, 0.6) is 5.75 Å². The average molecular weight is 402 g/mol. The topological polar surface area (TPSA) is 40.0 Å². The Morgan fingerprint density at radius 1 is 1.14 bits per heavy atom. The summed E-state index contributed by atoms with van der Waals surface area (Å²) in [4.78, 5) is 5.25. The van der Waals surface area contributed by atoms with Gasteiger partial charge >= 0.3 is 0 Å². The Morgan fingerprint density at radius 2 is 1.93 bits per heavy atom. The van der Waals surface area contributed by atoms with Gasteiger partial charge < -0.3 is 14.0 Å². The molecule has 2 saturated carbocycles. The molecule has 3 aliphatic rings. The smallest absolute Gasteiger partial charge is 0.184 e. The van der Waals surface area contributed by atoms with Crippen LogP contribution in [-0.2, 0) is 15.7 Å². The van der Waals surface area contributed by atoms with Gasteiger partial charge in [-0.25, -0.2) is 0 Å².